The van der Waals surface area contributed by atoms with E-state index in [0.29, 0.717) is 6.61 Å². The molecule has 1 unspecified atom stereocenters. The van der Waals surface area contributed by atoms with Gasteiger partial charge in [0.15, 0.2) is 0 Å². The van der Waals surface area contributed by atoms with Gasteiger partial charge in [0.25, 0.3) is 0 Å². The average molecular weight is 212 g/mol. The van der Waals surface area contributed by atoms with Crippen LogP contribution in [0.5, 0.6) is 5.75 Å². The molecule has 1 aliphatic rings. The highest BCUT2D eigenvalue weighted by Crippen LogP contribution is 2.32. The molecule has 0 aliphatic carbocycles. The summed E-state index contributed by atoms with van der Waals surface area (Å²) >= 11 is 0. The molecule has 3 heteroatoms. The number of ether oxygens (including phenoxy) is 1. The van der Waals surface area contributed by atoms with Crippen molar-refractivity contribution >= 4 is 0 Å². The number of hydrogen-bond donors (Lipinski definition) is 1. The van der Waals surface area contributed by atoms with Gasteiger partial charge >= 0.3 is 0 Å². The van der Waals surface area contributed by atoms with Gasteiger partial charge in [-0.15, -0.1) is 0 Å². The number of para-hydroxylation sites is 1. The van der Waals surface area contributed by atoms with Crippen LogP contribution in [0.25, 0.3) is 0 Å². The lowest BCUT2D eigenvalue weighted by Crippen LogP contribution is -2.13. The Kier molecular flexibility index (Phi) is 2.11. The van der Waals surface area contributed by atoms with Crippen LogP contribution in [0.3, 0.4) is 0 Å². The monoisotopic (exact) mass is 212 g/mol. The lowest BCUT2D eigenvalue weighted by molar-refractivity contribution is 0.302. The largest absolute Gasteiger partial charge is 0.487 e. The van der Waals surface area contributed by atoms with E-state index in [0.717, 1.165) is 22.6 Å². The second-order valence-corrected chi connectivity index (χ2v) is 3.84. The van der Waals surface area contributed by atoms with Crippen molar-refractivity contribution in [3.8, 4) is 5.75 Å². The van der Waals surface area contributed by atoms with E-state index < -0.39 is 0 Å². The molecule has 80 valence electrons. The number of pyridine rings is 1. The van der Waals surface area contributed by atoms with Crippen molar-refractivity contribution in [2.75, 3.05) is 0 Å². The van der Waals surface area contributed by atoms with Crippen LogP contribution in [0.15, 0.2) is 42.6 Å². The van der Waals surface area contributed by atoms with Crippen molar-refractivity contribution in [2.24, 2.45) is 5.73 Å². The minimum absolute atomic E-state index is 0.151. The number of rotatable bonds is 0. The molecule has 2 aromatic rings. The fraction of sp³-hybridized carbons (Fsp3) is 0.154. The Balaban J connectivity index is 2.18. The predicted molar refractivity (Wildman–Crippen MR) is 61.0 cm³/mol. The van der Waals surface area contributed by atoms with Gasteiger partial charge in [0.1, 0.15) is 12.4 Å². The summed E-state index contributed by atoms with van der Waals surface area (Å²) in [7, 11) is 0. The van der Waals surface area contributed by atoms with Crippen LogP contribution >= 0.6 is 0 Å². The van der Waals surface area contributed by atoms with Crippen LogP contribution in [0.2, 0.25) is 0 Å². The minimum Gasteiger partial charge on any atom is -0.487 e. The van der Waals surface area contributed by atoms with Crippen LogP contribution in [0.4, 0.5) is 0 Å². The van der Waals surface area contributed by atoms with Gasteiger partial charge in [-0.1, -0.05) is 24.3 Å². The fourth-order valence-electron chi connectivity index (χ4n) is 2.04. The summed E-state index contributed by atoms with van der Waals surface area (Å²) < 4.78 is 5.70. The maximum Gasteiger partial charge on any atom is 0.131 e. The Morgan fingerprint density at radius 1 is 1.12 bits per heavy atom. The first-order valence-electron chi connectivity index (χ1n) is 5.27. The number of benzene rings is 1. The zero-order chi connectivity index (χ0) is 11.0. The molecule has 2 heterocycles. The molecule has 0 radical (unpaired) electrons. The molecule has 1 aromatic heterocycles. The number of fused-ring (bicyclic) bond motifs is 2. The third kappa shape index (κ3) is 1.37. The van der Waals surface area contributed by atoms with E-state index in [4.69, 9.17) is 10.5 Å². The van der Waals surface area contributed by atoms with E-state index >= 15 is 0 Å². The topological polar surface area (TPSA) is 48.1 Å². The summed E-state index contributed by atoms with van der Waals surface area (Å²) in [5.41, 5.74) is 9.23. The Bertz CT molecular complexity index is 477. The molecule has 2 N–H and O–H groups in total. The first kappa shape index (κ1) is 9.36. The highest BCUT2D eigenvalue weighted by Gasteiger charge is 2.21. The normalized spacial score (nSPS) is 17.9. The van der Waals surface area contributed by atoms with Gasteiger partial charge in [-0.05, 0) is 17.7 Å². The fourth-order valence-corrected chi connectivity index (χ4v) is 2.04. The zero-order valence-corrected chi connectivity index (χ0v) is 8.76. The van der Waals surface area contributed by atoms with Crippen molar-refractivity contribution in [3.63, 3.8) is 0 Å². The number of nitrogens with zero attached hydrogens (tertiary/aromatic N) is 1. The van der Waals surface area contributed by atoms with Crippen LogP contribution in [0.1, 0.15) is 22.9 Å². The van der Waals surface area contributed by atoms with Crippen LogP contribution < -0.4 is 10.5 Å². The summed E-state index contributed by atoms with van der Waals surface area (Å²) in [5.74, 6) is 0.855. The van der Waals surface area contributed by atoms with Crippen molar-refractivity contribution in [1.29, 1.82) is 0 Å². The minimum atomic E-state index is -0.151. The van der Waals surface area contributed by atoms with Crippen molar-refractivity contribution in [2.45, 2.75) is 12.6 Å². The zero-order valence-electron chi connectivity index (χ0n) is 8.76. The predicted octanol–water partition coefficient (Wildman–Crippen LogP) is 2.02. The lowest BCUT2D eigenvalue weighted by Gasteiger charge is -2.12. The average Bonchev–Trinajstić information content (AvgIpc) is 2.49. The van der Waals surface area contributed by atoms with Gasteiger partial charge in [0.2, 0.25) is 0 Å². The maximum absolute atomic E-state index is 6.24. The van der Waals surface area contributed by atoms with Gasteiger partial charge < -0.3 is 10.5 Å². The van der Waals surface area contributed by atoms with E-state index in [1.807, 2.05) is 36.4 Å². The second-order valence-electron chi connectivity index (χ2n) is 3.84. The highest BCUT2D eigenvalue weighted by molar-refractivity contribution is 5.44. The SMILES string of the molecule is NC1c2ccccc2OCc2ncccc21. The quantitative estimate of drug-likeness (QED) is 0.726. The van der Waals surface area contributed by atoms with Crippen molar-refractivity contribution in [1.82, 2.24) is 4.98 Å². The Hall–Kier alpha value is -1.87. The molecule has 1 atom stereocenters. The Morgan fingerprint density at radius 2 is 1.94 bits per heavy atom. The molecule has 3 nitrogen and oxygen atoms in total. The first-order chi connectivity index (χ1) is 7.86. The molecule has 0 saturated heterocycles. The third-order valence-electron chi connectivity index (χ3n) is 2.88. The molecular formula is C13H12N2O. The van der Waals surface area contributed by atoms with Crippen LogP contribution in [0, 0.1) is 0 Å². The third-order valence-corrected chi connectivity index (χ3v) is 2.88. The molecule has 0 amide bonds. The maximum atomic E-state index is 6.24. The number of nitrogens with two attached hydrogens (primary N) is 1. The van der Waals surface area contributed by atoms with Gasteiger partial charge in [-0.2, -0.15) is 0 Å². The van der Waals surface area contributed by atoms with E-state index in [9.17, 15) is 0 Å². The molecule has 3 rings (SSSR count). The van der Waals surface area contributed by atoms with E-state index in [-0.39, 0.29) is 6.04 Å². The Morgan fingerprint density at radius 3 is 2.88 bits per heavy atom. The first-order valence-corrected chi connectivity index (χ1v) is 5.27. The summed E-state index contributed by atoms with van der Waals surface area (Å²) in [6, 6.07) is 11.6. The summed E-state index contributed by atoms with van der Waals surface area (Å²) in [5, 5.41) is 0. The number of aromatic nitrogens is 1. The van der Waals surface area contributed by atoms with Gasteiger partial charge in [-0.3, -0.25) is 4.98 Å². The molecule has 1 aromatic carbocycles. The second kappa shape index (κ2) is 3.61. The Labute approximate surface area is 93.9 Å². The number of hydrogen-bond acceptors (Lipinski definition) is 3. The van der Waals surface area contributed by atoms with Crippen molar-refractivity contribution < 1.29 is 4.74 Å². The summed E-state index contributed by atoms with van der Waals surface area (Å²) in [6.07, 6.45) is 1.77. The molecule has 16 heavy (non-hydrogen) atoms. The smallest absolute Gasteiger partial charge is 0.131 e. The van der Waals surface area contributed by atoms with Gasteiger partial charge in [0.05, 0.1) is 11.7 Å². The van der Waals surface area contributed by atoms with Crippen molar-refractivity contribution in [3.05, 3.63) is 59.4 Å². The highest BCUT2D eigenvalue weighted by atomic mass is 16.5. The lowest BCUT2D eigenvalue weighted by atomic mass is 9.99. The molecule has 0 fully saturated rings. The summed E-state index contributed by atoms with van der Waals surface area (Å²) in [6.45, 7) is 0.487. The molecule has 0 bridgehead atoms. The molecule has 1 aliphatic heterocycles. The van der Waals surface area contributed by atoms with E-state index in [1.165, 1.54) is 0 Å². The molecule has 0 spiro atoms. The molecule has 0 saturated carbocycles. The summed E-state index contributed by atoms with van der Waals surface area (Å²) in [4.78, 5) is 4.31. The van der Waals surface area contributed by atoms with E-state index in [1.54, 1.807) is 6.20 Å². The van der Waals surface area contributed by atoms with Crippen LogP contribution in [-0.2, 0) is 6.61 Å². The van der Waals surface area contributed by atoms with Gasteiger partial charge in [0, 0.05) is 11.8 Å². The standard InChI is InChI=1S/C13H12N2O/c14-13-9-5-3-7-15-11(9)8-16-12-6-2-1-4-10(12)13/h1-7,13H,8,14H2. The van der Waals surface area contributed by atoms with Gasteiger partial charge in [-0.25, -0.2) is 0 Å². The van der Waals surface area contributed by atoms with E-state index in [2.05, 4.69) is 4.98 Å². The van der Waals surface area contributed by atoms with Crippen LogP contribution in [-0.4, -0.2) is 4.98 Å². The molecular weight excluding hydrogens is 200 g/mol.